The highest BCUT2D eigenvalue weighted by molar-refractivity contribution is 6.30. The number of ether oxygens (including phenoxy) is 2. The number of methoxy groups -OCH3 is 2. The Morgan fingerprint density at radius 3 is 1.94 bits per heavy atom. The van der Waals surface area contributed by atoms with Crippen molar-refractivity contribution in [2.75, 3.05) is 14.2 Å². The SMILES string of the molecule is COc1ccc(-c2cc(=O)n(/C=C\c3ccc(Cl)cc3)nc2-c2ccc(OC)cc2)cc1. The molecular formula is C26H21ClN2O3. The van der Waals surface area contributed by atoms with Gasteiger partial charge < -0.3 is 9.47 Å². The fourth-order valence-corrected chi connectivity index (χ4v) is 3.38. The summed E-state index contributed by atoms with van der Waals surface area (Å²) in [6.07, 6.45) is 3.46. The molecule has 160 valence electrons. The molecule has 0 bridgehead atoms. The van der Waals surface area contributed by atoms with Crippen LogP contribution in [0.25, 0.3) is 34.7 Å². The summed E-state index contributed by atoms with van der Waals surface area (Å²) in [6, 6.07) is 24.1. The third kappa shape index (κ3) is 4.74. The summed E-state index contributed by atoms with van der Waals surface area (Å²) < 4.78 is 11.9. The molecule has 0 amide bonds. The monoisotopic (exact) mass is 444 g/mol. The van der Waals surface area contributed by atoms with Gasteiger partial charge in [0, 0.05) is 28.4 Å². The second-order valence-electron chi connectivity index (χ2n) is 7.01. The molecule has 0 unspecified atom stereocenters. The van der Waals surface area contributed by atoms with Crippen molar-refractivity contribution in [2.45, 2.75) is 0 Å². The molecule has 1 aromatic heterocycles. The van der Waals surface area contributed by atoms with E-state index in [1.165, 1.54) is 4.68 Å². The minimum atomic E-state index is -0.238. The lowest BCUT2D eigenvalue weighted by molar-refractivity contribution is 0.414. The maximum Gasteiger partial charge on any atom is 0.271 e. The van der Waals surface area contributed by atoms with Crippen LogP contribution < -0.4 is 15.0 Å². The fraction of sp³-hybridized carbons (Fsp3) is 0.0769. The molecule has 4 aromatic rings. The van der Waals surface area contributed by atoms with Gasteiger partial charge in [-0.3, -0.25) is 4.79 Å². The Morgan fingerprint density at radius 2 is 1.38 bits per heavy atom. The van der Waals surface area contributed by atoms with E-state index in [0.29, 0.717) is 10.7 Å². The van der Waals surface area contributed by atoms with E-state index in [0.717, 1.165) is 33.8 Å². The van der Waals surface area contributed by atoms with E-state index in [-0.39, 0.29) is 5.56 Å². The van der Waals surface area contributed by atoms with Crippen LogP contribution in [0.4, 0.5) is 0 Å². The van der Waals surface area contributed by atoms with Crippen molar-refractivity contribution in [2.24, 2.45) is 0 Å². The first-order chi connectivity index (χ1) is 15.6. The molecule has 4 rings (SSSR count). The Hall–Kier alpha value is -3.83. The largest absolute Gasteiger partial charge is 0.497 e. The summed E-state index contributed by atoms with van der Waals surface area (Å²) in [7, 11) is 3.24. The van der Waals surface area contributed by atoms with Crippen LogP contribution in [0.2, 0.25) is 5.02 Å². The number of nitrogens with zero attached hydrogens (tertiary/aromatic N) is 2. The summed E-state index contributed by atoms with van der Waals surface area (Å²) in [5.41, 5.74) is 3.82. The molecule has 0 fully saturated rings. The summed E-state index contributed by atoms with van der Waals surface area (Å²) in [6.45, 7) is 0. The Balaban J connectivity index is 1.82. The molecule has 1 heterocycles. The second-order valence-corrected chi connectivity index (χ2v) is 7.45. The van der Waals surface area contributed by atoms with Crippen LogP contribution in [0.3, 0.4) is 0 Å². The topological polar surface area (TPSA) is 53.4 Å². The molecule has 5 nitrogen and oxygen atoms in total. The first kappa shape index (κ1) is 21.4. The van der Waals surface area contributed by atoms with Crippen LogP contribution in [-0.2, 0) is 0 Å². The number of aromatic nitrogens is 2. The van der Waals surface area contributed by atoms with Crippen molar-refractivity contribution in [3.8, 4) is 33.9 Å². The predicted molar refractivity (Wildman–Crippen MR) is 129 cm³/mol. The Kier molecular flexibility index (Phi) is 6.38. The molecule has 0 radical (unpaired) electrons. The van der Waals surface area contributed by atoms with Gasteiger partial charge in [0.1, 0.15) is 11.5 Å². The normalized spacial score (nSPS) is 11.0. The highest BCUT2D eigenvalue weighted by Crippen LogP contribution is 2.31. The van der Waals surface area contributed by atoms with Crippen molar-refractivity contribution < 1.29 is 9.47 Å². The molecule has 0 spiro atoms. The highest BCUT2D eigenvalue weighted by Gasteiger charge is 2.13. The smallest absolute Gasteiger partial charge is 0.271 e. The van der Waals surface area contributed by atoms with Gasteiger partial charge in [0.25, 0.3) is 5.56 Å². The summed E-state index contributed by atoms with van der Waals surface area (Å²) >= 11 is 5.95. The summed E-state index contributed by atoms with van der Waals surface area (Å²) in [5, 5.41) is 5.32. The van der Waals surface area contributed by atoms with Crippen LogP contribution in [0.5, 0.6) is 11.5 Å². The molecule has 32 heavy (non-hydrogen) atoms. The van der Waals surface area contributed by atoms with Gasteiger partial charge in [-0.05, 0) is 65.7 Å². The molecule has 0 aliphatic rings. The number of benzene rings is 3. The van der Waals surface area contributed by atoms with E-state index < -0.39 is 0 Å². The average Bonchev–Trinajstić information content (AvgIpc) is 2.84. The third-order valence-corrected chi connectivity index (χ3v) is 5.25. The van der Waals surface area contributed by atoms with Crippen LogP contribution in [0, 0.1) is 0 Å². The Morgan fingerprint density at radius 1 is 0.812 bits per heavy atom. The van der Waals surface area contributed by atoms with Crippen LogP contribution in [0.1, 0.15) is 5.56 Å². The Bertz CT molecular complexity index is 1290. The highest BCUT2D eigenvalue weighted by atomic mass is 35.5. The Labute approximate surface area is 191 Å². The second kappa shape index (κ2) is 9.54. The van der Waals surface area contributed by atoms with Gasteiger partial charge in [0.2, 0.25) is 0 Å². The molecule has 0 aliphatic carbocycles. The number of rotatable bonds is 6. The number of hydrogen-bond donors (Lipinski definition) is 0. The molecule has 6 heteroatoms. The average molecular weight is 445 g/mol. The lowest BCUT2D eigenvalue weighted by atomic mass is 10.00. The summed E-state index contributed by atoms with van der Waals surface area (Å²) in [5.74, 6) is 1.49. The number of hydrogen-bond acceptors (Lipinski definition) is 4. The van der Waals surface area contributed by atoms with Gasteiger partial charge in [-0.15, -0.1) is 0 Å². The van der Waals surface area contributed by atoms with E-state index in [4.69, 9.17) is 21.1 Å². The maximum absolute atomic E-state index is 12.9. The van der Waals surface area contributed by atoms with Crippen molar-refractivity contribution in [3.05, 3.63) is 99.8 Å². The van der Waals surface area contributed by atoms with Gasteiger partial charge in [-0.1, -0.05) is 35.9 Å². The lowest BCUT2D eigenvalue weighted by Crippen LogP contribution is -2.18. The quantitative estimate of drug-likeness (QED) is 0.373. The molecule has 0 aliphatic heterocycles. The maximum atomic E-state index is 12.9. The lowest BCUT2D eigenvalue weighted by Gasteiger charge is -2.12. The van der Waals surface area contributed by atoms with Crippen LogP contribution in [-0.4, -0.2) is 24.0 Å². The molecular weight excluding hydrogens is 424 g/mol. The fourth-order valence-electron chi connectivity index (χ4n) is 3.26. The minimum absolute atomic E-state index is 0.238. The summed E-state index contributed by atoms with van der Waals surface area (Å²) in [4.78, 5) is 12.9. The van der Waals surface area contributed by atoms with Gasteiger partial charge in [0.05, 0.1) is 19.9 Å². The van der Waals surface area contributed by atoms with Crippen molar-refractivity contribution >= 4 is 23.9 Å². The van der Waals surface area contributed by atoms with Gasteiger partial charge in [0.15, 0.2) is 0 Å². The molecule has 0 atom stereocenters. The molecule has 0 saturated heterocycles. The number of halogens is 1. The van der Waals surface area contributed by atoms with Crippen molar-refractivity contribution in [1.29, 1.82) is 0 Å². The zero-order valence-electron chi connectivity index (χ0n) is 17.7. The molecule has 0 saturated carbocycles. The zero-order valence-corrected chi connectivity index (χ0v) is 18.4. The first-order valence-corrected chi connectivity index (χ1v) is 10.3. The van der Waals surface area contributed by atoms with Crippen molar-refractivity contribution in [1.82, 2.24) is 9.78 Å². The molecule has 0 N–H and O–H groups in total. The molecule has 3 aromatic carbocycles. The van der Waals surface area contributed by atoms with Gasteiger partial charge >= 0.3 is 0 Å². The standard InChI is InChI=1S/C26H21ClN2O3/c1-31-22-11-5-19(6-12-22)24-17-25(30)29(16-15-18-3-9-21(27)10-4-18)28-26(24)20-7-13-23(32-2)14-8-20/h3-17H,1-2H3/b16-15-. The van der Waals surface area contributed by atoms with Gasteiger partial charge in [-0.2, -0.15) is 5.10 Å². The first-order valence-electron chi connectivity index (χ1n) is 9.94. The van der Waals surface area contributed by atoms with E-state index in [1.807, 2.05) is 66.7 Å². The third-order valence-electron chi connectivity index (χ3n) is 5.00. The van der Waals surface area contributed by atoms with Crippen molar-refractivity contribution in [3.63, 3.8) is 0 Å². The predicted octanol–water partition coefficient (Wildman–Crippen LogP) is 5.88. The van der Waals surface area contributed by atoms with E-state index >= 15 is 0 Å². The van der Waals surface area contributed by atoms with E-state index in [1.54, 1.807) is 38.6 Å². The van der Waals surface area contributed by atoms with Gasteiger partial charge in [-0.25, -0.2) is 4.68 Å². The van der Waals surface area contributed by atoms with Crippen LogP contribution in [0.15, 0.2) is 83.7 Å². The zero-order chi connectivity index (χ0) is 22.5. The van der Waals surface area contributed by atoms with E-state index in [9.17, 15) is 4.79 Å². The van der Waals surface area contributed by atoms with E-state index in [2.05, 4.69) is 5.10 Å². The van der Waals surface area contributed by atoms with Crippen LogP contribution >= 0.6 is 11.6 Å². The minimum Gasteiger partial charge on any atom is -0.497 e.